The fraction of sp³-hybridized carbons (Fsp3) is 0.0909. The predicted octanol–water partition coefficient (Wildman–Crippen LogP) is 2.54. The topological polar surface area (TPSA) is 45.8 Å². The van der Waals surface area contributed by atoms with Crippen molar-refractivity contribution in [2.75, 3.05) is 0 Å². The summed E-state index contributed by atoms with van der Waals surface area (Å²) in [7, 11) is 0. The molecule has 0 amide bonds. The molecule has 16 heavy (non-hydrogen) atoms. The molecule has 0 bridgehead atoms. The lowest BCUT2D eigenvalue weighted by Gasteiger charge is -2.04. The van der Waals surface area contributed by atoms with Crippen molar-refractivity contribution in [2.24, 2.45) is 0 Å². The van der Waals surface area contributed by atoms with Gasteiger partial charge in [0.2, 0.25) is 0 Å². The van der Waals surface area contributed by atoms with Gasteiger partial charge in [0.05, 0.1) is 5.02 Å². The smallest absolute Gasteiger partial charge is 0.251 e. The highest BCUT2D eigenvalue weighted by Crippen LogP contribution is 2.25. The molecule has 0 radical (unpaired) electrons. The molecule has 0 aliphatic rings. The summed E-state index contributed by atoms with van der Waals surface area (Å²) in [4.78, 5) is 17.9. The van der Waals surface area contributed by atoms with Gasteiger partial charge in [0.15, 0.2) is 0 Å². The van der Waals surface area contributed by atoms with Gasteiger partial charge in [-0.1, -0.05) is 11.6 Å². The number of halogens is 2. The van der Waals surface area contributed by atoms with Crippen LogP contribution in [0.3, 0.4) is 0 Å². The highest BCUT2D eigenvalue weighted by molar-refractivity contribution is 6.33. The van der Waals surface area contributed by atoms with Crippen molar-refractivity contribution in [3.05, 3.63) is 51.2 Å². The second-order valence-electron chi connectivity index (χ2n) is 3.36. The van der Waals surface area contributed by atoms with Gasteiger partial charge < -0.3 is 4.98 Å². The lowest BCUT2D eigenvalue weighted by Crippen LogP contribution is -2.08. The summed E-state index contributed by atoms with van der Waals surface area (Å²) in [6.07, 6.45) is 0. The molecule has 5 heteroatoms. The van der Waals surface area contributed by atoms with Crippen LogP contribution in [0.4, 0.5) is 4.39 Å². The molecule has 2 aromatic rings. The number of rotatable bonds is 1. The highest BCUT2D eigenvalue weighted by Gasteiger charge is 2.07. The molecule has 0 spiro atoms. The second-order valence-corrected chi connectivity index (χ2v) is 3.77. The van der Waals surface area contributed by atoms with Gasteiger partial charge in [-0.2, -0.15) is 0 Å². The number of aromatic amines is 1. The molecule has 1 aromatic carbocycles. The summed E-state index contributed by atoms with van der Waals surface area (Å²) in [5, 5.41) is 0.216. The van der Waals surface area contributed by atoms with Crippen LogP contribution in [0, 0.1) is 12.7 Å². The zero-order valence-electron chi connectivity index (χ0n) is 8.42. The van der Waals surface area contributed by atoms with Gasteiger partial charge >= 0.3 is 0 Å². The van der Waals surface area contributed by atoms with Gasteiger partial charge in [-0.3, -0.25) is 4.79 Å². The van der Waals surface area contributed by atoms with Crippen LogP contribution in [-0.4, -0.2) is 9.97 Å². The first-order valence-corrected chi connectivity index (χ1v) is 4.97. The van der Waals surface area contributed by atoms with E-state index in [1.165, 1.54) is 24.3 Å². The third-order valence-electron chi connectivity index (χ3n) is 2.06. The number of hydrogen-bond donors (Lipinski definition) is 1. The Balaban J connectivity index is 2.63. The third-order valence-corrected chi connectivity index (χ3v) is 2.37. The molecule has 0 aliphatic carbocycles. The quantitative estimate of drug-likeness (QED) is 0.830. The van der Waals surface area contributed by atoms with Crippen molar-refractivity contribution in [1.82, 2.24) is 9.97 Å². The van der Waals surface area contributed by atoms with E-state index >= 15 is 0 Å². The van der Waals surface area contributed by atoms with E-state index in [1.807, 2.05) is 0 Å². The molecule has 0 saturated carbocycles. The van der Waals surface area contributed by atoms with Crippen LogP contribution in [-0.2, 0) is 0 Å². The molecule has 3 nitrogen and oxygen atoms in total. The molecular formula is C11H8ClFN2O. The van der Waals surface area contributed by atoms with Gasteiger partial charge in [-0.25, -0.2) is 9.37 Å². The Morgan fingerprint density at radius 2 is 2.12 bits per heavy atom. The first-order valence-electron chi connectivity index (χ1n) is 4.59. The van der Waals surface area contributed by atoms with Crippen molar-refractivity contribution in [3.8, 4) is 11.4 Å². The zero-order chi connectivity index (χ0) is 11.7. The molecule has 82 valence electrons. The minimum atomic E-state index is -0.427. The summed E-state index contributed by atoms with van der Waals surface area (Å²) in [5.41, 5.74) is 0.825. The van der Waals surface area contributed by atoms with E-state index in [0.29, 0.717) is 17.1 Å². The third kappa shape index (κ3) is 2.12. The van der Waals surface area contributed by atoms with Crippen LogP contribution in [0.25, 0.3) is 11.4 Å². The highest BCUT2D eigenvalue weighted by atomic mass is 35.5. The molecule has 1 heterocycles. The van der Waals surface area contributed by atoms with Gasteiger partial charge in [0.25, 0.3) is 5.56 Å². The Morgan fingerprint density at radius 3 is 2.75 bits per heavy atom. The van der Waals surface area contributed by atoms with E-state index in [2.05, 4.69) is 9.97 Å². The average Bonchev–Trinajstić information content (AvgIpc) is 2.15. The van der Waals surface area contributed by atoms with Crippen molar-refractivity contribution in [3.63, 3.8) is 0 Å². The molecule has 1 N–H and O–H groups in total. The summed E-state index contributed by atoms with van der Waals surface area (Å²) >= 11 is 5.87. The summed E-state index contributed by atoms with van der Waals surface area (Å²) in [5.74, 6) is -0.0845. The van der Waals surface area contributed by atoms with Crippen molar-refractivity contribution < 1.29 is 4.39 Å². The molecule has 0 unspecified atom stereocenters. The molecule has 2 rings (SSSR count). The molecule has 0 atom stereocenters. The predicted molar refractivity (Wildman–Crippen MR) is 60.0 cm³/mol. The van der Waals surface area contributed by atoms with Crippen LogP contribution < -0.4 is 5.56 Å². The van der Waals surface area contributed by atoms with Gasteiger partial charge in [0, 0.05) is 17.3 Å². The van der Waals surface area contributed by atoms with Crippen LogP contribution >= 0.6 is 11.6 Å². The Labute approximate surface area is 95.9 Å². The van der Waals surface area contributed by atoms with Crippen LogP contribution in [0.5, 0.6) is 0 Å². The minimum Gasteiger partial charge on any atom is -0.306 e. The maximum absolute atomic E-state index is 12.8. The van der Waals surface area contributed by atoms with Crippen LogP contribution in [0.15, 0.2) is 29.1 Å². The zero-order valence-corrected chi connectivity index (χ0v) is 9.18. The van der Waals surface area contributed by atoms with Crippen molar-refractivity contribution in [1.29, 1.82) is 0 Å². The summed E-state index contributed by atoms with van der Waals surface area (Å²) < 4.78 is 12.8. The fourth-order valence-corrected chi connectivity index (χ4v) is 1.64. The molecule has 1 aromatic heterocycles. The summed E-state index contributed by atoms with van der Waals surface area (Å²) in [6, 6.07) is 5.30. The number of aromatic nitrogens is 2. The first-order chi connectivity index (χ1) is 7.56. The lowest BCUT2D eigenvalue weighted by atomic mass is 10.2. The van der Waals surface area contributed by atoms with E-state index in [9.17, 15) is 9.18 Å². The Kier molecular flexibility index (Phi) is 2.75. The molecule has 0 saturated heterocycles. The SMILES string of the molecule is Cc1cc(=O)[nH]c(-c2ccc(F)cc2Cl)n1. The maximum Gasteiger partial charge on any atom is 0.251 e. The van der Waals surface area contributed by atoms with E-state index in [0.717, 1.165) is 0 Å². The number of hydrogen-bond acceptors (Lipinski definition) is 2. The molecule has 0 fully saturated rings. The first kappa shape index (κ1) is 10.8. The van der Waals surface area contributed by atoms with Crippen LogP contribution in [0.1, 0.15) is 5.69 Å². The fourth-order valence-electron chi connectivity index (χ4n) is 1.39. The maximum atomic E-state index is 12.8. The van der Waals surface area contributed by atoms with E-state index in [-0.39, 0.29) is 10.6 Å². The van der Waals surface area contributed by atoms with E-state index < -0.39 is 5.82 Å². The van der Waals surface area contributed by atoms with E-state index in [1.54, 1.807) is 6.92 Å². The Morgan fingerprint density at radius 1 is 1.38 bits per heavy atom. The van der Waals surface area contributed by atoms with E-state index in [4.69, 9.17) is 11.6 Å². The van der Waals surface area contributed by atoms with Crippen molar-refractivity contribution in [2.45, 2.75) is 6.92 Å². The van der Waals surface area contributed by atoms with Crippen LogP contribution in [0.2, 0.25) is 5.02 Å². The lowest BCUT2D eigenvalue weighted by molar-refractivity contribution is 0.628. The Hall–Kier alpha value is -1.68. The van der Waals surface area contributed by atoms with Gasteiger partial charge in [-0.15, -0.1) is 0 Å². The second kappa shape index (κ2) is 4.06. The standard InChI is InChI=1S/C11H8ClFN2O/c1-6-4-10(16)15-11(14-6)8-3-2-7(13)5-9(8)12/h2-5H,1H3,(H,14,15,16). The molecular weight excluding hydrogens is 231 g/mol. The number of nitrogens with one attached hydrogen (secondary N) is 1. The van der Waals surface area contributed by atoms with Gasteiger partial charge in [-0.05, 0) is 25.1 Å². The largest absolute Gasteiger partial charge is 0.306 e. The number of aryl methyl sites for hydroxylation is 1. The average molecular weight is 239 g/mol. The van der Waals surface area contributed by atoms with Gasteiger partial charge in [0.1, 0.15) is 11.6 Å². The number of benzene rings is 1. The number of H-pyrrole nitrogens is 1. The number of nitrogens with zero attached hydrogens (tertiary/aromatic N) is 1. The molecule has 0 aliphatic heterocycles. The summed E-state index contributed by atoms with van der Waals surface area (Å²) in [6.45, 7) is 1.70. The Bertz CT molecular complexity index is 595. The normalized spacial score (nSPS) is 10.4. The monoisotopic (exact) mass is 238 g/mol. The van der Waals surface area contributed by atoms with Crippen molar-refractivity contribution >= 4 is 11.6 Å². The minimum absolute atomic E-state index is 0.216.